The molecule has 6 heteroatoms. The van der Waals surface area contributed by atoms with Crippen LogP contribution in [0.25, 0.3) is 0 Å². The number of carbonyl (C=O) groups is 3. The van der Waals surface area contributed by atoms with Gasteiger partial charge in [0, 0.05) is 25.2 Å². The highest BCUT2D eigenvalue weighted by atomic mass is 16.5. The van der Waals surface area contributed by atoms with E-state index in [2.05, 4.69) is 5.32 Å². The molecule has 1 fully saturated rings. The van der Waals surface area contributed by atoms with Crippen molar-refractivity contribution in [3.05, 3.63) is 65.2 Å². The third kappa shape index (κ3) is 4.97. The predicted octanol–water partition coefficient (Wildman–Crippen LogP) is 3.30. The van der Waals surface area contributed by atoms with Gasteiger partial charge in [0.2, 0.25) is 5.91 Å². The van der Waals surface area contributed by atoms with Crippen LogP contribution >= 0.6 is 0 Å². The molecule has 0 radical (unpaired) electrons. The lowest BCUT2D eigenvalue weighted by molar-refractivity contribution is -0.128. The van der Waals surface area contributed by atoms with Gasteiger partial charge in [0.1, 0.15) is 0 Å². The summed E-state index contributed by atoms with van der Waals surface area (Å²) in [5, 5.41) is 2.73. The largest absolute Gasteiger partial charge is 0.449 e. The molecule has 0 aromatic heterocycles. The van der Waals surface area contributed by atoms with E-state index in [9.17, 15) is 14.4 Å². The van der Waals surface area contributed by atoms with E-state index in [1.54, 1.807) is 36.4 Å². The lowest BCUT2D eigenvalue weighted by Crippen LogP contribution is -2.30. The smallest absolute Gasteiger partial charge is 0.338 e. The molecule has 1 atom stereocenters. The number of esters is 1. The maximum atomic E-state index is 12.3. The van der Waals surface area contributed by atoms with E-state index in [0.717, 1.165) is 24.1 Å². The Labute approximate surface area is 164 Å². The average Bonchev–Trinajstić information content (AvgIpc) is 3.08. The van der Waals surface area contributed by atoms with Crippen LogP contribution in [0.1, 0.15) is 41.3 Å². The Morgan fingerprint density at radius 1 is 1.11 bits per heavy atom. The van der Waals surface area contributed by atoms with Crippen molar-refractivity contribution in [1.29, 1.82) is 0 Å². The second-order valence-corrected chi connectivity index (χ2v) is 7.02. The number of hydrogen-bond acceptors (Lipinski definition) is 4. The SMILES string of the molecule is Cc1ccc(NC(=O)[C@H](C)OC(=O)c2ccc(CN3CCCC3=O)cc2)cc1. The van der Waals surface area contributed by atoms with Crippen molar-refractivity contribution >= 4 is 23.5 Å². The minimum atomic E-state index is -0.921. The van der Waals surface area contributed by atoms with Crippen molar-refractivity contribution in [3.8, 4) is 0 Å². The summed E-state index contributed by atoms with van der Waals surface area (Å²) in [6.07, 6.45) is 0.578. The summed E-state index contributed by atoms with van der Waals surface area (Å²) >= 11 is 0. The van der Waals surface area contributed by atoms with E-state index in [4.69, 9.17) is 4.74 Å². The van der Waals surface area contributed by atoms with Crippen LogP contribution in [0.15, 0.2) is 48.5 Å². The maximum Gasteiger partial charge on any atom is 0.338 e. The van der Waals surface area contributed by atoms with Crippen LogP contribution in [0.5, 0.6) is 0 Å². The van der Waals surface area contributed by atoms with Crippen LogP contribution in [-0.4, -0.2) is 35.3 Å². The molecule has 1 heterocycles. The quantitative estimate of drug-likeness (QED) is 0.780. The monoisotopic (exact) mass is 380 g/mol. The molecular formula is C22H24N2O4. The first kappa shape index (κ1) is 19.6. The summed E-state index contributed by atoms with van der Waals surface area (Å²) in [5.74, 6) is -0.784. The number of amides is 2. The molecule has 0 aliphatic carbocycles. The Balaban J connectivity index is 1.53. The molecular weight excluding hydrogens is 356 g/mol. The molecule has 3 rings (SSSR count). The maximum absolute atomic E-state index is 12.3. The van der Waals surface area contributed by atoms with Crippen molar-refractivity contribution in [2.45, 2.75) is 39.3 Å². The van der Waals surface area contributed by atoms with Crippen LogP contribution < -0.4 is 5.32 Å². The predicted molar refractivity (Wildman–Crippen MR) is 106 cm³/mol. The van der Waals surface area contributed by atoms with Gasteiger partial charge in [-0.15, -0.1) is 0 Å². The third-order valence-electron chi connectivity index (χ3n) is 4.71. The lowest BCUT2D eigenvalue weighted by Gasteiger charge is -2.16. The van der Waals surface area contributed by atoms with Gasteiger partial charge in [-0.2, -0.15) is 0 Å². The molecule has 2 amide bonds. The molecule has 1 aliphatic heterocycles. The highest BCUT2D eigenvalue weighted by Crippen LogP contribution is 2.16. The van der Waals surface area contributed by atoms with E-state index in [1.165, 1.54) is 6.92 Å². The second kappa shape index (κ2) is 8.69. The standard InChI is InChI=1S/C22H24N2O4/c1-15-5-11-19(12-6-15)23-21(26)16(2)28-22(27)18-9-7-17(8-10-18)14-24-13-3-4-20(24)25/h5-12,16H,3-4,13-14H2,1-2H3,(H,23,26)/t16-/m0/s1. The van der Waals surface area contributed by atoms with Gasteiger partial charge in [0.15, 0.2) is 6.10 Å². The van der Waals surface area contributed by atoms with Gasteiger partial charge in [-0.3, -0.25) is 9.59 Å². The molecule has 2 aromatic carbocycles. The van der Waals surface area contributed by atoms with E-state index in [0.29, 0.717) is 24.2 Å². The zero-order valence-corrected chi connectivity index (χ0v) is 16.1. The van der Waals surface area contributed by atoms with Crippen molar-refractivity contribution in [2.24, 2.45) is 0 Å². The summed E-state index contributed by atoms with van der Waals surface area (Å²) in [5.41, 5.74) is 3.07. The van der Waals surface area contributed by atoms with Gasteiger partial charge in [-0.1, -0.05) is 29.8 Å². The fraction of sp³-hybridized carbons (Fsp3) is 0.318. The molecule has 28 heavy (non-hydrogen) atoms. The molecule has 1 saturated heterocycles. The summed E-state index contributed by atoms with van der Waals surface area (Å²) < 4.78 is 5.27. The van der Waals surface area contributed by atoms with Crippen LogP contribution in [0.4, 0.5) is 5.69 Å². The summed E-state index contributed by atoms with van der Waals surface area (Å²) in [6, 6.07) is 14.3. The summed E-state index contributed by atoms with van der Waals surface area (Å²) in [6.45, 7) is 4.82. The molecule has 0 saturated carbocycles. The zero-order valence-electron chi connectivity index (χ0n) is 16.1. The van der Waals surface area contributed by atoms with Crippen molar-refractivity contribution in [2.75, 3.05) is 11.9 Å². The average molecular weight is 380 g/mol. The Morgan fingerprint density at radius 3 is 2.39 bits per heavy atom. The van der Waals surface area contributed by atoms with Crippen LogP contribution in [0.3, 0.4) is 0 Å². The highest BCUT2D eigenvalue weighted by molar-refractivity contribution is 5.97. The van der Waals surface area contributed by atoms with Crippen molar-refractivity contribution in [3.63, 3.8) is 0 Å². The van der Waals surface area contributed by atoms with Crippen LogP contribution in [-0.2, 0) is 20.9 Å². The van der Waals surface area contributed by atoms with Gasteiger partial charge in [-0.25, -0.2) is 4.79 Å². The van der Waals surface area contributed by atoms with E-state index in [-0.39, 0.29) is 11.8 Å². The minimum absolute atomic E-state index is 0.164. The molecule has 6 nitrogen and oxygen atoms in total. The number of nitrogens with zero attached hydrogens (tertiary/aromatic N) is 1. The summed E-state index contributed by atoms with van der Waals surface area (Å²) in [4.78, 5) is 38.0. The second-order valence-electron chi connectivity index (χ2n) is 7.02. The van der Waals surface area contributed by atoms with E-state index >= 15 is 0 Å². The van der Waals surface area contributed by atoms with Gasteiger partial charge >= 0.3 is 5.97 Å². The minimum Gasteiger partial charge on any atom is -0.449 e. The molecule has 0 unspecified atom stereocenters. The van der Waals surface area contributed by atoms with Crippen LogP contribution in [0, 0.1) is 6.92 Å². The van der Waals surface area contributed by atoms with Gasteiger partial charge in [-0.05, 0) is 50.1 Å². The number of nitrogens with one attached hydrogen (secondary N) is 1. The normalized spacial score (nSPS) is 14.6. The summed E-state index contributed by atoms with van der Waals surface area (Å²) in [7, 11) is 0. The molecule has 146 valence electrons. The van der Waals surface area contributed by atoms with E-state index in [1.807, 2.05) is 24.0 Å². The number of hydrogen-bond donors (Lipinski definition) is 1. The Hall–Kier alpha value is -3.15. The van der Waals surface area contributed by atoms with Crippen LogP contribution in [0.2, 0.25) is 0 Å². The molecule has 1 N–H and O–H groups in total. The Kier molecular flexibility index (Phi) is 6.09. The molecule has 0 spiro atoms. The zero-order chi connectivity index (χ0) is 20.1. The highest BCUT2D eigenvalue weighted by Gasteiger charge is 2.21. The number of carbonyl (C=O) groups excluding carboxylic acids is 3. The number of anilines is 1. The molecule has 2 aromatic rings. The Bertz CT molecular complexity index is 859. The molecule has 0 bridgehead atoms. The number of likely N-dealkylation sites (tertiary alicyclic amines) is 1. The van der Waals surface area contributed by atoms with Gasteiger partial charge in [0.25, 0.3) is 5.91 Å². The number of aryl methyl sites for hydroxylation is 1. The first-order valence-electron chi connectivity index (χ1n) is 9.37. The van der Waals surface area contributed by atoms with Gasteiger partial charge < -0.3 is 15.0 Å². The first-order chi connectivity index (χ1) is 13.4. The fourth-order valence-electron chi connectivity index (χ4n) is 3.00. The van der Waals surface area contributed by atoms with Gasteiger partial charge in [0.05, 0.1) is 5.56 Å². The first-order valence-corrected chi connectivity index (χ1v) is 9.37. The number of rotatable bonds is 6. The number of ether oxygens (including phenoxy) is 1. The number of benzene rings is 2. The lowest BCUT2D eigenvalue weighted by atomic mass is 10.1. The topological polar surface area (TPSA) is 75.7 Å². The third-order valence-corrected chi connectivity index (χ3v) is 4.71. The Morgan fingerprint density at radius 2 is 1.79 bits per heavy atom. The van der Waals surface area contributed by atoms with Crippen molar-refractivity contribution < 1.29 is 19.1 Å². The van der Waals surface area contributed by atoms with Crippen molar-refractivity contribution in [1.82, 2.24) is 4.90 Å². The molecule has 1 aliphatic rings. The van der Waals surface area contributed by atoms with E-state index < -0.39 is 12.1 Å². The fourth-order valence-corrected chi connectivity index (χ4v) is 3.00.